The van der Waals surface area contributed by atoms with E-state index in [-0.39, 0.29) is 5.75 Å². The van der Waals surface area contributed by atoms with Crippen LogP contribution >= 0.6 is 0 Å². The summed E-state index contributed by atoms with van der Waals surface area (Å²) < 4.78 is 30.0. The van der Waals surface area contributed by atoms with E-state index >= 15 is 0 Å². The molecule has 0 bridgehead atoms. The van der Waals surface area contributed by atoms with Gasteiger partial charge in [0.05, 0.1) is 12.3 Å². The molecule has 0 saturated carbocycles. The topological polar surface area (TPSA) is 84.6 Å². The van der Waals surface area contributed by atoms with Crippen molar-refractivity contribution in [3.63, 3.8) is 0 Å². The van der Waals surface area contributed by atoms with Crippen molar-refractivity contribution in [3.05, 3.63) is 18.2 Å². The number of hydrogen-bond acceptors (Lipinski definition) is 5. The van der Waals surface area contributed by atoms with Crippen LogP contribution in [0.2, 0.25) is 0 Å². The van der Waals surface area contributed by atoms with Gasteiger partial charge in [0.2, 0.25) is 0 Å². The second kappa shape index (κ2) is 4.83. The van der Waals surface area contributed by atoms with Gasteiger partial charge in [-0.3, -0.25) is 0 Å². The summed E-state index contributed by atoms with van der Waals surface area (Å²) in [5.41, 5.74) is 5.92. The van der Waals surface area contributed by atoms with Gasteiger partial charge in [-0.1, -0.05) is 0 Å². The molecule has 14 heavy (non-hydrogen) atoms. The zero-order valence-corrected chi connectivity index (χ0v) is 8.37. The predicted molar refractivity (Wildman–Crippen MR) is 51.6 cm³/mol. The molecule has 1 aromatic rings. The van der Waals surface area contributed by atoms with E-state index in [1.54, 1.807) is 6.07 Å². The number of rotatable bonds is 4. The first kappa shape index (κ1) is 10.8. The largest absolute Gasteiger partial charge is 0.740 e. The van der Waals surface area contributed by atoms with Crippen LogP contribution in [0.25, 0.3) is 0 Å². The lowest BCUT2D eigenvalue weighted by atomic mass is 10.3. The first-order valence-electron chi connectivity index (χ1n) is 3.93. The number of anilines is 1. The Labute approximate surface area is 84.3 Å². The van der Waals surface area contributed by atoms with Gasteiger partial charge < -0.3 is 19.2 Å². The summed E-state index contributed by atoms with van der Waals surface area (Å²) in [4.78, 5) is 0. The molecule has 6 heteroatoms. The summed E-state index contributed by atoms with van der Waals surface area (Å²) >= 11 is -2.58. The van der Waals surface area contributed by atoms with Crippen LogP contribution in [0.5, 0.6) is 11.5 Å². The van der Waals surface area contributed by atoms with E-state index < -0.39 is 11.4 Å². The zero-order chi connectivity index (χ0) is 10.6. The number of nitrogen functional groups attached to an aromatic ring is 1. The highest BCUT2D eigenvalue weighted by molar-refractivity contribution is 7.74. The molecule has 1 atom stereocenters. The molecule has 0 saturated heterocycles. The van der Waals surface area contributed by atoms with Gasteiger partial charge in [0.15, 0.2) is 0 Å². The van der Waals surface area contributed by atoms with E-state index in [0.29, 0.717) is 18.0 Å². The normalized spacial score (nSPS) is 12.1. The summed E-state index contributed by atoms with van der Waals surface area (Å²) in [5, 5.41) is 0. The third-order valence-electron chi connectivity index (χ3n) is 1.45. The Hall–Kier alpha value is -1.27. The monoisotopic (exact) mass is 216 g/mol. The van der Waals surface area contributed by atoms with Crippen molar-refractivity contribution >= 4 is 17.0 Å². The minimum Gasteiger partial charge on any atom is -0.740 e. The maximum absolute atomic E-state index is 10.2. The molecule has 1 aromatic carbocycles. The highest BCUT2D eigenvalue weighted by Crippen LogP contribution is 2.26. The van der Waals surface area contributed by atoms with Gasteiger partial charge in [-0.25, -0.2) is 4.21 Å². The Morgan fingerprint density at radius 1 is 1.57 bits per heavy atom. The fraction of sp³-hybridized carbons (Fsp3) is 0.250. The van der Waals surface area contributed by atoms with Crippen molar-refractivity contribution in [1.82, 2.24) is 0 Å². The Morgan fingerprint density at radius 2 is 2.29 bits per heavy atom. The quantitative estimate of drug-likeness (QED) is 0.595. The van der Waals surface area contributed by atoms with Crippen LogP contribution in [-0.2, 0) is 11.4 Å². The Morgan fingerprint density at radius 3 is 2.79 bits per heavy atom. The highest BCUT2D eigenvalue weighted by Gasteiger charge is 2.02. The smallest absolute Gasteiger partial charge is 0.142 e. The molecule has 78 valence electrons. The van der Waals surface area contributed by atoms with Crippen molar-refractivity contribution < 1.29 is 17.7 Å². The number of nitrogens with two attached hydrogens (primary N) is 1. The molecule has 0 radical (unpaired) electrons. The van der Waals surface area contributed by atoms with Crippen LogP contribution in [0.15, 0.2) is 18.2 Å². The molecule has 0 aliphatic heterocycles. The van der Waals surface area contributed by atoms with Crippen LogP contribution in [0.4, 0.5) is 5.69 Å². The van der Waals surface area contributed by atoms with Crippen LogP contribution in [0, 0.1) is 0 Å². The number of benzene rings is 1. The molecule has 2 N–H and O–H groups in total. The SMILES string of the molecule is CCOc1ccc(OS(=O)[O-])cc1N. The van der Waals surface area contributed by atoms with E-state index in [1.165, 1.54) is 12.1 Å². The van der Waals surface area contributed by atoms with Crippen LogP contribution in [0.3, 0.4) is 0 Å². The van der Waals surface area contributed by atoms with Gasteiger partial charge in [-0.2, -0.15) is 0 Å². The van der Waals surface area contributed by atoms with Crippen LogP contribution in [0.1, 0.15) is 6.92 Å². The van der Waals surface area contributed by atoms with Crippen LogP contribution in [-0.4, -0.2) is 15.4 Å². The fourth-order valence-corrected chi connectivity index (χ4v) is 1.20. The van der Waals surface area contributed by atoms with Gasteiger partial charge in [-0.15, -0.1) is 0 Å². The number of hydrogen-bond donors (Lipinski definition) is 1. The lowest BCUT2D eigenvalue weighted by molar-refractivity contribution is 0.341. The molecule has 0 fully saturated rings. The molecule has 0 amide bonds. The van der Waals surface area contributed by atoms with Gasteiger partial charge in [-0.05, 0) is 19.1 Å². The molecular formula is C8H10NO4S-. The van der Waals surface area contributed by atoms with E-state index in [1.807, 2.05) is 6.92 Å². The second-order valence-electron chi connectivity index (χ2n) is 2.42. The lowest BCUT2D eigenvalue weighted by Crippen LogP contribution is -2.00. The van der Waals surface area contributed by atoms with Crippen molar-refractivity contribution in [2.75, 3.05) is 12.3 Å². The predicted octanol–water partition coefficient (Wildman–Crippen LogP) is 0.840. The summed E-state index contributed by atoms with van der Waals surface area (Å²) in [5.74, 6) is 0.677. The van der Waals surface area contributed by atoms with Crippen molar-refractivity contribution in [3.8, 4) is 11.5 Å². The minimum atomic E-state index is -2.58. The summed E-state index contributed by atoms with van der Waals surface area (Å²) in [6.45, 7) is 2.33. The third-order valence-corrected chi connectivity index (χ3v) is 1.77. The summed E-state index contributed by atoms with van der Waals surface area (Å²) in [6, 6.07) is 4.42. The Bertz CT molecular complexity index is 342. The van der Waals surface area contributed by atoms with Crippen LogP contribution < -0.4 is 14.7 Å². The van der Waals surface area contributed by atoms with Gasteiger partial charge in [0, 0.05) is 6.07 Å². The van der Waals surface area contributed by atoms with Gasteiger partial charge in [0.1, 0.15) is 22.9 Å². The molecule has 0 aromatic heterocycles. The molecule has 1 rings (SSSR count). The molecule has 1 unspecified atom stereocenters. The average Bonchev–Trinajstić information content (AvgIpc) is 2.09. The summed E-state index contributed by atoms with van der Waals surface area (Å²) in [7, 11) is 0. The molecule has 0 aliphatic rings. The first-order valence-corrected chi connectivity index (χ1v) is 4.93. The first-order chi connectivity index (χ1) is 6.63. The molecule has 0 spiro atoms. The van der Waals surface area contributed by atoms with Crippen molar-refractivity contribution in [2.45, 2.75) is 6.92 Å². The summed E-state index contributed by atoms with van der Waals surface area (Å²) in [6.07, 6.45) is 0. The van der Waals surface area contributed by atoms with Gasteiger partial charge in [0.25, 0.3) is 0 Å². The maximum atomic E-state index is 10.2. The molecule has 0 aliphatic carbocycles. The highest BCUT2D eigenvalue weighted by atomic mass is 32.2. The maximum Gasteiger partial charge on any atom is 0.142 e. The second-order valence-corrected chi connectivity index (χ2v) is 3.00. The van der Waals surface area contributed by atoms with E-state index in [4.69, 9.17) is 10.5 Å². The molecule has 0 heterocycles. The fourth-order valence-electron chi connectivity index (χ4n) is 0.944. The molecule has 5 nitrogen and oxygen atoms in total. The van der Waals surface area contributed by atoms with E-state index in [2.05, 4.69) is 4.18 Å². The molecular weight excluding hydrogens is 206 g/mol. The van der Waals surface area contributed by atoms with E-state index in [0.717, 1.165) is 0 Å². The van der Waals surface area contributed by atoms with Crippen molar-refractivity contribution in [2.24, 2.45) is 0 Å². The average molecular weight is 216 g/mol. The van der Waals surface area contributed by atoms with Crippen molar-refractivity contribution in [1.29, 1.82) is 0 Å². The third kappa shape index (κ3) is 2.90. The lowest BCUT2D eigenvalue weighted by Gasteiger charge is -2.10. The number of ether oxygens (including phenoxy) is 1. The van der Waals surface area contributed by atoms with Gasteiger partial charge >= 0.3 is 0 Å². The minimum absolute atomic E-state index is 0.166. The zero-order valence-electron chi connectivity index (χ0n) is 7.56. The van der Waals surface area contributed by atoms with E-state index in [9.17, 15) is 8.76 Å². The standard InChI is InChI=1S/C8H11NO4S/c1-2-12-8-4-3-6(5-7(8)9)13-14(10)11/h3-5H,2,9H2,1H3,(H,10,11)/p-1. The Balaban J connectivity index is 2.83. The Kier molecular flexibility index (Phi) is 3.73.